The molecule has 0 radical (unpaired) electrons. The van der Waals surface area contributed by atoms with Gasteiger partial charge in [-0.15, -0.1) is 0 Å². The van der Waals surface area contributed by atoms with Crippen molar-refractivity contribution in [3.63, 3.8) is 0 Å². The zero-order chi connectivity index (χ0) is 23.2. The Balaban J connectivity index is 1.31. The van der Waals surface area contributed by atoms with E-state index in [1.807, 2.05) is 18.3 Å². The quantitative estimate of drug-likeness (QED) is 0.538. The molecule has 2 aliphatic rings. The van der Waals surface area contributed by atoms with Crippen LogP contribution in [0.2, 0.25) is 0 Å². The molecule has 0 saturated carbocycles. The largest absolute Gasteiger partial charge is 0.382 e. The minimum absolute atomic E-state index is 0.0141. The van der Waals surface area contributed by atoms with E-state index in [0.717, 1.165) is 57.0 Å². The highest BCUT2D eigenvalue weighted by Crippen LogP contribution is 2.31. The summed E-state index contributed by atoms with van der Waals surface area (Å²) in [6, 6.07) is 4.06. The Hall–Kier alpha value is -2.55. The molecule has 0 atom stereocenters. The Kier molecular flexibility index (Phi) is 5.84. The lowest BCUT2D eigenvalue weighted by Crippen LogP contribution is -2.56. The van der Waals surface area contributed by atoms with Crippen molar-refractivity contribution in [1.29, 1.82) is 0 Å². The van der Waals surface area contributed by atoms with Gasteiger partial charge in [0, 0.05) is 32.4 Å². The molecule has 2 aliphatic heterocycles. The fraction of sp³-hybridized carbons (Fsp3) is 0.545. The lowest BCUT2D eigenvalue weighted by molar-refractivity contribution is -0.115. The topological polar surface area (TPSA) is 118 Å². The molecule has 5 rings (SSSR count). The molecule has 3 aromatic rings. The first-order valence-electron chi connectivity index (χ1n) is 11.3. The molecule has 2 fully saturated rings. The van der Waals surface area contributed by atoms with Crippen LogP contribution >= 0.6 is 7.92 Å². The molecule has 0 aliphatic carbocycles. The minimum atomic E-state index is -0.530. The number of nitrogens with zero attached hydrogens (tertiary/aromatic N) is 6. The Morgan fingerprint density at radius 1 is 1.21 bits per heavy atom. The number of hydrogen-bond donors (Lipinski definition) is 2. The summed E-state index contributed by atoms with van der Waals surface area (Å²) in [7, 11) is 1.64. The van der Waals surface area contributed by atoms with Crippen molar-refractivity contribution in [3.8, 4) is 0 Å². The molecule has 2 saturated heterocycles. The second-order valence-corrected chi connectivity index (χ2v) is 11.5. The van der Waals surface area contributed by atoms with Crippen LogP contribution in [-0.2, 0) is 11.3 Å². The summed E-state index contributed by atoms with van der Waals surface area (Å²) in [4.78, 5) is 33.7. The first-order chi connectivity index (χ1) is 15.8. The number of pyridine rings is 1. The highest BCUT2D eigenvalue weighted by Gasteiger charge is 2.39. The Morgan fingerprint density at radius 2 is 2.00 bits per heavy atom. The van der Waals surface area contributed by atoms with Crippen molar-refractivity contribution in [1.82, 2.24) is 29.4 Å². The van der Waals surface area contributed by atoms with Crippen molar-refractivity contribution >= 4 is 36.3 Å². The predicted molar refractivity (Wildman–Crippen MR) is 132 cm³/mol. The van der Waals surface area contributed by atoms with E-state index in [9.17, 15) is 4.79 Å². The van der Waals surface area contributed by atoms with E-state index in [1.54, 1.807) is 4.57 Å². The summed E-state index contributed by atoms with van der Waals surface area (Å²) >= 11 is 0. The van der Waals surface area contributed by atoms with Gasteiger partial charge in [0.05, 0.1) is 18.8 Å². The summed E-state index contributed by atoms with van der Waals surface area (Å²) in [5.74, 6) is 1.27. The van der Waals surface area contributed by atoms with Gasteiger partial charge in [0.15, 0.2) is 17.0 Å². The van der Waals surface area contributed by atoms with Crippen molar-refractivity contribution < 1.29 is 4.74 Å². The number of nitrogen functional groups attached to an aromatic ring is 1. The molecule has 11 heteroatoms. The average molecular weight is 471 g/mol. The highest BCUT2D eigenvalue weighted by atomic mass is 31.1. The molecular formula is C22H31N8O2P. The molecule has 1 spiro atoms. The van der Waals surface area contributed by atoms with Gasteiger partial charge in [-0.05, 0) is 52.8 Å². The third-order valence-corrected chi connectivity index (χ3v) is 7.63. The first-order valence-corrected chi connectivity index (χ1v) is 13.5. The SMILES string of the molecule is CN1CCOC2(CCN(c3ccc(Cn4c(=O)[nH]c5c(N)nc(P(C)C)nc54)cn3)CC2)C1. The molecule has 0 unspecified atom stereocenters. The maximum Gasteiger partial charge on any atom is 0.328 e. The number of anilines is 2. The number of aromatic nitrogens is 5. The predicted octanol–water partition coefficient (Wildman–Crippen LogP) is 0.813. The van der Waals surface area contributed by atoms with Crippen LogP contribution < -0.4 is 21.9 Å². The number of likely N-dealkylation sites (N-methyl/N-ethyl adjacent to an activating group) is 1. The molecular weight excluding hydrogens is 439 g/mol. The van der Waals surface area contributed by atoms with E-state index < -0.39 is 7.92 Å². The summed E-state index contributed by atoms with van der Waals surface area (Å²) in [6.45, 7) is 9.18. The van der Waals surface area contributed by atoms with Gasteiger partial charge >= 0.3 is 5.69 Å². The van der Waals surface area contributed by atoms with Crippen LogP contribution in [0.15, 0.2) is 23.1 Å². The van der Waals surface area contributed by atoms with E-state index in [4.69, 9.17) is 15.5 Å². The Bertz CT molecular complexity index is 1200. The number of imidazole rings is 1. The molecule has 0 bridgehead atoms. The standard InChI is InChI=1S/C22H31N8O2P/c1-28-10-11-32-22(14-28)6-8-29(9-7-22)16-5-4-15(12-24-16)13-30-19-17(25-21(30)31)18(23)26-20(27-19)33(2)3/h4-5,12H,6-11,13-14H2,1-3H3,(H,25,31)(H2,23,26,27). The van der Waals surface area contributed by atoms with Crippen LogP contribution in [0, 0.1) is 0 Å². The molecule has 3 aromatic heterocycles. The van der Waals surface area contributed by atoms with Gasteiger partial charge < -0.3 is 25.3 Å². The van der Waals surface area contributed by atoms with E-state index >= 15 is 0 Å². The molecule has 0 amide bonds. The normalized spacial score (nSPS) is 19.1. The number of ether oxygens (including phenoxy) is 1. The Morgan fingerprint density at radius 3 is 2.67 bits per heavy atom. The number of nitrogens with two attached hydrogens (primary N) is 1. The zero-order valence-corrected chi connectivity index (χ0v) is 20.3. The number of fused-ring (bicyclic) bond motifs is 1. The number of piperidine rings is 1. The third kappa shape index (κ3) is 4.35. The van der Waals surface area contributed by atoms with E-state index in [2.05, 4.69) is 45.1 Å². The lowest BCUT2D eigenvalue weighted by atomic mass is 9.89. The van der Waals surface area contributed by atoms with Crippen molar-refractivity contribution in [2.24, 2.45) is 0 Å². The van der Waals surface area contributed by atoms with Crippen LogP contribution in [-0.4, -0.2) is 88.2 Å². The minimum Gasteiger partial charge on any atom is -0.382 e. The van der Waals surface area contributed by atoms with Gasteiger partial charge in [-0.25, -0.2) is 19.7 Å². The van der Waals surface area contributed by atoms with Crippen LogP contribution in [0.5, 0.6) is 0 Å². The molecule has 0 aromatic carbocycles. The summed E-state index contributed by atoms with van der Waals surface area (Å²) in [5, 5.41) is 0. The van der Waals surface area contributed by atoms with Crippen molar-refractivity contribution in [2.45, 2.75) is 25.0 Å². The molecule has 33 heavy (non-hydrogen) atoms. The van der Waals surface area contributed by atoms with Crippen molar-refractivity contribution in [2.75, 3.05) is 63.8 Å². The smallest absolute Gasteiger partial charge is 0.328 e. The molecule has 10 nitrogen and oxygen atoms in total. The lowest BCUT2D eigenvalue weighted by Gasteiger charge is -2.46. The molecule has 3 N–H and O–H groups in total. The van der Waals surface area contributed by atoms with E-state index in [1.165, 1.54) is 0 Å². The van der Waals surface area contributed by atoms with Crippen LogP contribution in [0.1, 0.15) is 18.4 Å². The second kappa shape index (κ2) is 8.66. The number of aromatic amines is 1. The number of H-pyrrole nitrogens is 1. The van der Waals surface area contributed by atoms with Gasteiger partial charge in [-0.3, -0.25) is 4.57 Å². The molecule has 176 valence electrons. The average Bonchev–Trinajstić information content (AvgIpc) is 3.11. The van der Waals surface area contributed by atoms with Gasteiger partial charge in [0.25, 0.3) is 0 Å². The van der Waals surface area contributed by atoms with E-state index in [-0.39, 0.29) is 11.3 Å². The maximum atomic E-state index is 12.6. The highest BCUT2D eigenvalue weighted by molar-refractivity contribution is 7.63. The zero-order valence-electron chi connectivity index (χ0n) is 19.4. The third-order valence-electron chi connectivity index (χ3n) is 6.63. The van der Waals surface area contributed by atoms with Crippen molar-refractivity contribution in [3.05, 3.63) is 34.4 Å². The number of morpholine rings is 1. The summed E-state index contributed by atoms with van der Waals surface area (Å²) in [6.07, 6.45) is 3.85. The van der Waals surface area contributed by atoms with Crippen LogP contribution in [0.25, 0.3) is 11.2 Å². The van der Waals surface area contributed by atoms with Gasteiger partial charge in [0.2, 0.25) is 0 Å². The van der Waals surface area contributed by atoms with Gasteiger partial charge in [0.1, 0.15) is 11.3 Å². The monoisotopic (exact) mass is 470 g/mol. The van der Waals surface area contributed by atoms with Crippen LogP contribution in [0.3, 0.4) is 0 Å². The summed E-state index contributed by atoms with van der Waals surface area (Å²) in [5.41, 5.74) is 8.47. The first kappa shape index (κ1) is 22.3. The van der Waals surface area contributed by atoms with Crippen LogP contribution in [0.4, 0.5) is 11.6 Å². The number of hydrogen-bond acceptors (Lipinski definition) is 8. The maximum absolute atomic E-state index is 12.6. The Labute approximate surface area is 193 Å². The fourth-order valence-electron chi connectivity index (χ4n) is 4.75. The number of nitrogens with one attached hydrogen (secondary N) is 1. The van der Waals surface area contributed by atoms with Gasteiger partial charge in [-0.2, -0.15) is 0 Å². The van der Waals surface area contributed by atoms with E-state index in [0.29, 0.717) is 29.1 Å². The second-order valence-electron chi connectivity index (χ2n) is 9.30. The number of rotatable bonds is 4. The fourth-order valence-corrected chi connectivity index (χ4v) is 5.35. The summed E-state index contributed by atoms with van der Waals surface area (Å²) < 4.78 is 7.78. The molecule has 5 heterocycles. The van der Waals surface area contributed by atoms with Gasteiger partial charge in [-0.1, -0.05) is 6.07 Å².